The predicted molar refractivity (Wildman–Crippen MR) is 111 cm³/mol. The summed E-state index contributed by atoms with van der Waals surface area (Å²) in [6, 6.07) is 0. The van der Waals surface area contributed by atoms with E-state index in [-0.39, 0.29) is 12.6 Å². The van der Waals surface area contributed by atoms with Crippen LogP contribution in [0.15, 0.2) is 4.99 Å². The number of carbonyl (C=O) groups excluding carboxylic acids is 2. The zero-order chi connectivity index (χ0) is 20.8. The smallest absolute Gasteiger partial charge is 0.333 e. The van der Waals surface area contributed by atoms with E-state index in [9.17, 15) is 9.59 Å². The standard InChI is InChI=1S/C22H41NO4/c1-7-8-9-10-11-12-13-14-15-16-19(24)27-18-21(2,3)17-23-22(4,5)20(25)26-6/h17H,7-16,18H2,1-6H3/b23-17+. The molecule has 0 spiro atoms. The predicted octanol–water partition coefficient (Wildman–Crippen LogP) is 5.50. The van der Waals surface area contributed by atoms with E-state index >= 15 is 0 Å². The molecular formula is C22H41NO4. The summed E-state index contributed by atoms with van der Waals surface area (Å²) >= 11 is 0. The Morgan fingerprint density at radius 2 is 1.41 bits per heavy atom. The molecule has 0 unspecified atom stereocenters. The molecule has 27 heavy (non-hydrogen) atoms. The van der Waals surface area contributed by atoms with Crippen LogP contribution in [0.25, 0.3) is 0 Å². The monoisotopic (exact) mass is 383 g/mol. The Kier molecular flexibility index (Phi) is 13.0. The summed E-state index contributed by atoms with van der Waals surface area (Å²) in [5, 5.41) is 0. The molecule has 0 radical (unpaired) electrons. The number of nitrogens with zero attached hydrogens (tertiary/aromatic N) is 1. The molecule has 0 aliphatic heterocycles. The van der Waals surface area contributed by atoms with Crippen molar-refractivity contribution in [2.24, 2.45) is 10.4 Å². The maximum absolute atomic E-state index is 11.9. The highest BCUT2D eigenvalue weighted by Crippen LogP contribution is 2.18. The van der Waals surface area contributed by atoms with Crippen LogP contribution in [0.3, 0.4) is 0 Å². The van der Waals surface area contributed by atoms with Crippen molar-refractivity contribution in [1.82, 2.24) is 0 Å². The fourth-order valence-corrected chi connectivity index (χ4v) is 2.59. The van der Waals surface area contributed by atoms with Crippen LogP contribution in [0.1, 0.15) is 98.8 Å². The van der Waals surface area contributed by atoms with Gasteiger partial charge in [0.15, 0.2) is 5.54 Å². The first kappa shape index (κ1) is 25.6. The Bertz CT molecular complexity index is 455. The van der Waals surface area contributed by atoms with Crippen molar-refractivity contribution in [1.29, 1.82) is 0 Å². The third-order valence-electron chi connectivity index (χ3n) is 4.51. The lowest BCUT2D eigenvalue weighted by Crippen LogP contribution is -2.33. The molecule has 0 amide bonds. The lowest BCUT2D eigenvalue weighted by molar-refractivity contribution is -0.146. The Hall–Kier alpha value is -1.39. The minimum absolute atomic E-state index is 0.161. The molecule has 158 valence electrons. The molecule has 5 nitrogen and oxygen atoms in total. The summed E-state index contributed by atoms with van der Waals surface area (Å²) < 4.78 is 10.1. The first-order valence-corrected chi connectivity index (χ1v) is 10.4. The number of rotatable bonds is 15. The Morgan fingerprint density at radius 1 is 0.889 bits per heavy atom. The maximum Gasteiger partial charge on any atom is 0.333 e. The normalized spacial score (nSPS) is 12.4. The number of aliphatic imine (C=N–C) groups is 1. The summed E-state index contributed by atoms with van der Waals surface area (Å²) in [5.74, 6) is -0.552. The lowest BCUT2D eigenvalue weighted by Gasteiger charge is -2.22. The minimum atomic E-state index is -0.938. The largest absolute Gasteiger partial charge is 0.467 e. The van der Waals surface area contributed by atoms with Crippen LogP contribution in [0, 0.1) is 5.41 Å². The van der Waals surface area contributed by atoms with E-state index in [1.807, 2.05) is 13.8 Å². The van der Waals surface area contributed by atoms with Gasteiger partial charge in [-0.25, -0.2) is 4.79 Å². The van der Waals surface area contributed by atoms with Gasteiger partial charge in [0, 0.05) is 18.1 Å². The second kappa shape index (κ2) is 13.7. The van der Waals surface area contributed by atoms with Crippen molar-refractivity contribution in [3.05, 3.63) is 0 Å². The van der Waals surface area contributed by atoms with Crippen molar-refractivity contribution in [3.63, 3.8) is 0 Å². The van der Waals surface area contributed by atoms with Crippen LogP contribution in [0.5, 0.6) is 0 Å². The molecule has 0 N–H and O–H groups in total. The van der Waals surface area contributed by atoms with Gasteiger partial charge in [0.2, 0.25) is 0 Å². The highest BCUT2D eigenvalue weighted by molar-refractivity contribution is 5.82. The Balaban J connectivity index is 3.94. The summed E-state index contributed by atoms with van der Waals surface area (Å²) in [7, 11) is 1.35. The summed E-state index contributed by atoms with van der Waals surface area (Å²) in [6.07, 6.45) is 13.2. The second-order valence-electron chi connectivity index (χ2n) is 8.54. The van der Waals surface area contributed by atoms with Gasteiger partial charge in [-0.1, -0.05) is 72.1 Å². The molecule has 0 heterocycles. The van der Waals surface area contributed by atoms with Crippen LogP contribution in [0.2, 0.25) is 0 Å². The van der Waals surface area contributed by atoms with Gasteiger partial charge in [0.05, 0.1) is 7.11 Å². The molecule has 0 aromatic carbocycles. The van der Waals surface area contributed by atoms with E-state index in [0.29, 0.717) is 6.42 Å². The lowest BCUT2D eigenvalue weighted by atomic mass is 9.96. The van der Waals surface area contributed by atoms with Crippen molar-refractivity contribution in [2.75, 3.05) is 13.7 Å². The molecular weight excluding hydrogens is 342 g/mol. The van der Waals surface area contributed by atoms with Gasteiger partial charge in [-0.3, -0.25) is 9.79 Å². The van der Waals surface area contributed by atoms with Gasteiger partial charge >= 0.3 is 11.9 Å². The number of ether oxygens (including phenoxy) is 2. The number of carbonyl (C=O) groups is 2. The van der Waals surface area contributed by atoms with E-state index in [2.05, 4.69) is 11.9 Å². The van der Waals surface area contributed by atoms with Gasteiger partial charge in [-0.2, -0.15) is 0 Å². The average Bonchev–Trinajstić information content (AvgIpc) is 2.63. The van der Waals surface area contributed by atoms with E-state index in [0.717, 1.165) is 12.8 Å². The topological polar surface area (TPSA) is 65.0 Å². The van der Waals surface area contributed by atoms with E-state index in [1.54, 1.807) is 20.1 Å². The van der Waals surface area contributed by atoms with Crippen molar-refractivity contribution in [2.45, 2.75) is 104 Å². The SMILES string of the molecule is CCCCCCCCCCCC(=O)OCC(C)(C)/C=N/C(C)(C)C(=O)OC. The van der Waals surface area contributed by atoms with Crippen molar-refractivity contribution >= 4 is 18.2 Å². The minimum Gasteiger partial charge on any atom is -0.467 e. The zero-order valence-electron chi connectivity index (χ0n) is 18.4. The van der Waals surface area contributed by atoms with Crippen molar-refractivity contribution in [3.8, 4) is 0 Å². The summed E-state index contributed by atoms with van der Waals surface area (Å²) in [5.41, 5.74) is -1.37. The molecule has 0 aliphatic rings. The third kappa shape index (κ3) is 13.4. The van der Waals surface area contributed by atoms with Crippen LogP contribution in [-0.2, 0) is 19.1 Å². The molecule has 0 aromatic heterocycles. The van der Waals surface area contributed by atoms with Gasteiger partial charge in [-0.15, -0.1) is 0 Å². The zero-order valence-corrected chi connectivity index (χ0v) is 18.4. The maximum atomic E-state index is 11.9. The number of unbranched alkanes of at least 4 members (excludes halogenated alkanes) is 8. The number of hydrogen-bond donors (Lipinski definition) is 0. The Morgan fingerprint density at radius 3 is 1.93 bits per heavy atom. The molecule has 0 aromatic rings. The fraction of sp³-hybridized carbons (Fsp3) is 0.864. The van der Waals surface area contributed by atoms with Crippen LogP contribution >= 0.6 is 0 Å². The fourth-order valence-electron chi connectivity index (χ4n) is 2.59. The van der Waals surface area contributed by atoms with Crippen LogP contribution in [0.4, 0.5) is 0 Å². The molecule has 0 fully saturated rings. The van der Waals surface area contributed by atoms with E-state index < -0.39 is 16.9 Å². The third-order valence-corrected chi connectivity index (χ3v) is 4.51. The summed E-state index contributed by atoms with van der Waals surface area (Å²) in [4.78, 5) is 27.9. The first-order valence-electron chi connectivity index (χ1n) is 10.4. The van der Waals surface area contributed by atoms with Crippen LogP contribution < -0.4 is 0 Å². The second-order valence-corrected chi connectivity index (χ2v) is 8.54. The molecule has 0 bridgehead atoms. The summed E-state index contributed by atoms with van der Waals surface area (Å²) in [6.45, 7) is 9.73. The van der Waals surface area contributed by atoms with Gasteiger partial charge in [0.25, 0.3) is 0 Å². The highest BCUT2D eigenvalue weighted by atomic mass is 16.5. The molecule has 0 aliphatic carbocycles. The van der Waals surface area contributed by atoms with Gasteiger partial charge in [-0.05, 0) is 20.3 Å². The first-order chi connectivity index (χ1) is 12.6. The molecule has 0 saturated heterocycles. The van der Waals surface area contributed by atoms with E-state index in [4.69, 9.17) is 9.47 Å². The number of esters is 2. The quantitative estimate of drug-likeness (QED) is 0.213. The molecule has 0 rings (SSSR count). The van der Waals surface area contributed by atoms with Gasteiger partial charge < -0.3 is 9.47 Å². The number of methoxy groups -OCH3 is 1. The molecule has 0 atom stereocenters. The Labute approximate surface area is 166 Å². The van der Waals surface area contributed by atoms with Crippen molar-refractivity contribution < 1.29 is 19.1 Å². The average molecular weight is 384 g/mol. The highest BCUT2D eigenvalue weighted by Gasteiger charge is 2.28. The molecule has 5 heteroatoms. The molecule has 0 saturated carbocycles. The van der Waals surface area contributed by atoms with Crippen LogP contribution in [-0.4, -0.2) is 37.4 Å². The number of hydrogen-bond acceptors (Lipinski definition) is 5. The van der Waals surface area contributed by atoms with E-state index in [1.165, 1.54) is 52.1 Å². The van der Waals surface area contributed by atoms with Gasteiger partial charge in [0.1, 0.15) is 6.61 Å².